The zero-order chi connectivity index (χ0) is 15.6. The Morgan fingerprint density at radius 1 is 1.05 bits per heavy atom. The van der Waals surface area contributed by atoms with Gasteiger partial charge in [0.15, 0.2) is 0 Å². The highest BCUT2D eigenvalue weighted by Gasteiger charge is 2.22. The molecule has 0 atom stereocenters. The van der Waals surface area contributed by atoms with Crippen LogP contribution in [-0.4, -0.2) is 23.4 Å². The van der Waals surface area contributed by atoms with Crippen LogP contribution in [0.25, 0.3) is 10.8 Å². The van der Waals surface area contributed by atoms with Crippen molar-refractivity contribution in [3.63, 3.8) is 0 Å². The molecule has 0 saturated heterocycles. The van der Waals surface area contributed by atoms with Crippen LogP contribution in [0.1, 0.15) is 38.1 Å². The van der Waals surface area contributed by atoms with Gasteiger partial charge in [-0.15, -0.1) is 0 Å². The van der Waals surface area contributed by atoms with Gasteiger partial charge in [0.2, 0.25) is 0 Å². The highest BCUT2D eigenvalue weighted by Crippen LogP contribution is 2.24. The predicted octanol–water partition coefficient (Wildman–Crippen LogP) is 4.49. The van der Waals surface area contributed by atoms with Crippen LogP contribution < -0.4 is 0 Å². The second-order valence-corrected chi connectivity index (χ2v) is 6.09. The fraction of sp³-hybridized carbons (Fsp3) is 0.389. The molecule has 2 aromatic carbocycles. The highest BCUT2D eigenvalue weighted by molar-refractivity contribution is 6.07. The molecular weight excluding hydrogens is 265 g/mol. The maximum Gasteiger partial charge on any atom is 0.254 e. The van der Waals surface area contributed by atoms with Crippen LogP contribution in [0.2, 0.25) is 0 Å². The second-order valence-electron chi connectivity index (χ2n) is 6.09. The summed E-state index contributed by atoms with van der Waals surface area (Å²) in [5.74, 6) is 0.0695. The van der Waals surface area contributed by atoms with Gasteiger partial charge in [-0.25, -0.2) is 4.39 Å². The summed E-state index contributed by atoms with van der Waals surface area (Å²) in [4.78, 5) is 14.7. The van der Waals surface area contributed by atoms with E-state index in [-0.39, 0.29) is 17.8 Å². The molecule has 3 heteroatoms. The van der Waals surface area contributed by atoms with E-state index in [1.165, 1.54) is 6.07 Å². The zero-order valence-corrected chi connectivity index (χ0v) is 13.1. The Morgan fingerprint density at radius 2 is 1.67 bits per heavy atom. The Morgan fingerprint density at radius 3 is 2.24 bits per heavy atom. The average molecular weight is 287 g/mol. The van der Waals surface area contributed by atoms with E-state index >= 15 is 0 Å². The lowest BCUT2D eigenvalue weighted by Gasteiger charge is -2.29. The number of hydrogen-bond donors (Lipinski definition) is 0. The van der Waals surface area contributed by atoms with Crippen LogP contribution >= 0.6 is 0 Å². The molecule has 1 amide bonds. The lowest BCUT2D eigenvalue weighted by Crippen LogP contribution is -2.39. The van der Waals surface area contributed by atoms with E-state index in [1.807, 2.05) is 24.8 Å². The molecule has 2 nitrogen and oxygen atoms in total. The molecular formula is C18H22FNO. The molecule has 0 fully saturated rings. The third kappa shape index (κ3) is 3.23. The van der Waals surface area contributed by atoms with Gasteiger partial charge in [-0.05, 0) is 37.3 Å². The Labute approximate surface area is 125 Å². The van der Waals surface area contributed by atoms with Crippen LogP contribution in [-0.2, 0) is 0 Å². The molecule has 112 valence electrons. The van der Waals surface area contributed by atoms with Gasteiger partial charge >= 0.3 is 0 Å². The van der Waals surface area contributed by atoms with Crippen molar-refractivity contribution < 1.29 is 9.18 Å². The van der Waals surface area contributed by atoms with E-state index in [4.69, 9.17) is 0 Å². The molecule has 0 saturated carbocycles. The van der Waals surface area contributed by atoms with Gasteiger partial charge in [0.05, 0.1) is 0 Å². The van der Waals surface area contributed by atoms with Crippen molar-refractivity contribution in [2.75, 3.05) is 6.54 Å². The van der Waals surface area contributed by atoms with E-state index in [0.717, 1.165) is 0 Å². The maximum absolute atomic E-state index is 13.9. The standard InChI is InChI=1S/C18H22FNO/c1-12(2)11-20(13(3)4)18(21)16-9-10-17(19)15-8-6-5-7-14(15)16/h5-10,12-13H,11H2,1-4H3. The Bertz CT molecular complexity index is 649. The lowest BCUT2D eigenvalue weighted by atomic mass is 10.0. The normalized spacial score (nSPS) is 11.4. The molecule has 0 aliphatic heterocycles. The molecule has 0 bridgehead atoms. The first kappa shape index (κ1) is 15.5. The van der Waals surface area contributed by atoms with Gasteiger partial charge in [-0.3, -0.25) is 4.79 Å². The molecule has 21 heavy (non-hydrogen) atoms. The number of hydrogen-bond acceptors (Lipinski definition) is 1. The Balaban J connectivity index is 2.50. The zero-order valence-electron chi connectivity index (χ0n) is 13.1. The molecule has 0 radical (unpaired) electrons. The molecule has 0 N–H and O–H groups in total. The number of nitrogens with zero attached hydrogens (tertiary/aromatic N) is 1. The van der Waals surface area contributed by atoms with Crippen molar-refractivity contribution in [3.05, 3.63) is 47.8 Å². The van der Waals surface area contributed by atoms with Crippen molar-refractivity contribution in [1.82, 2.24) is 4.90 Å². The predicted molar refractivity (Wildman–Crippen MR) is 84.9 cm³/mol. The number of benzene rings is 2. The van der Waals surface area contributed by atoms with Crippen molar-refractivity contribution in [1.29, 1.82) is 0 Å². The largest absolute Gasteiger partial charge is 0.336 e. The molecule has 0 aliphatic carbocycles. The van der Waals surface area contributed by atoms with Crippen molar-refractivity contribution in [3.8, 4) is 0 Å². The van der Waals surface area contributed by atoms with Crippen molar-refractivity contribution in [2.45, 2.75) is 33.7 Å². The number of carbonyl (C=O) groups is 1. The highest BCUT2D eigenvalue weighted by atomic mass is 19.1. The molecule has 0 aliphatic rings. The summed E-state index contributed by atoms with van der Waals surface area (Å²) < 4.78 is 13.9. The van der Waals surface area contributed by atoms with Crippen LogP contribution in [0.4, 0.5) is 4.39 Å². The monoisotopic (exact) mass is 287 g/mol. The second kappa shape index (κ2) is 6.25. The van der Waals surface area contributed by atoms with Crippen LogP contribution in [0.15, 0.2) is 36.4 Å². The van der Waals surface area contributed by atoms with Crippen molar-refractivity contribution in [2.24, 2.45) is 5.92 Å². The summed E-state index contributed by atoms with van der Waals surface area (Å²) in [6.45, 7) is 8.89. The summed E-state index contributed by atoms with van der Waals surface area (Å²) >= 11 is 0. The topological polar surface area (TPSA) is 20.3 Å². The van der Waals surface area contributed by atoms with Crippen molar-refractivity contribution >= 4 is 16.7 Å². The van der Waals surface area contributed by atoms with Gasteiger partial charge in [-0.2, -0.15) is 0 Å². The van der Waals surface area contributed by atoms with Crippen LogP contribution in [0.3, 0.4) is 0 Å². The first-order valence-corrected chi connectivity index (χ1v) is 7.40. The molecule has 0 heterocycles. The Hall–Kier alpha value is -1.90. The van der Waals surface area contributed by atoms with Gasteiger partial charge < -0.3 is 4.90 Å². The molecule has 0 spiro atoms. The number of halogens is 1. The van der Waals surface area contributed by atoms with E-state index < -0.39 is 0 Å². The van der Waals surface area contributed by atoms with E-state index in [0.29, 0.717) is 28.8 Å². The van der Waals surface area contributed by atoms with Gasteiger partial charge in [0.25, 0.3) is 5.91 Å². The molecule has 0 unspecified atom stereocenters. The molecule has 2 rings (SSSR count). The summed E-state index contributed by atoms with van der Waals surface area (Å²) in [5.41, 5.74) is 0.571. The summed E-state index contributed by atoms with van der Waals surface area (Å²) in [7, 11) is 0. The average Bonchev–Trinajstić information content (AvgIpc) is 2.44. The first-order chi connectivity index (χ1) is 9.91. The van der Waals surface area contributed by atoms with Gasteiger partial charge in [-0.1, -0.05) is 38.1 Å². The van der Waals surface area contributed by atoms with Crippen LogP contribution in [0.5, 0.6) is 0 Å². The smallest absolute Gasteiger partial charge is 0.254 e. The van der Waals surface area contributed by atoms with E-state index in [1.54, 1.807) is 24.3 Å². The minimum absolute atomic E-state index is 0.0325. The van der Waals surface area contributed by atoms with E-state index in [2.05, 4.69) is 13.8 Å². The fourth-order valence-corrected chi connectivity index (χ4v) is 2.53. The minimum atomic E-state index is -0.290. The Kier molecular flexibility index (Phi) is 4.61. The summed E-state index contributed by atoms with van der Waals surface area (Å²) in [6, 6.07) is 10.2. The third-order valence-corrected chi connectivity index (χ3v) is 3.55. The van der Waals surface area contributed by atoms with E-state index in [9.17, 15) is 9.18 Å². The van der Waals surface area contributed by atoms with Gasteiger partial charge in [0.1, 0.15) is 5.82 Å². The molecule has 2 aromatic rings. The number of amides is 1. The molecule has 0 aromatic heterocycles. The summed E-state index contributed by atoms with van der Waals surface area (Å²) in [6.07, 6.45) is 0. The van der Waals surface area contributed by atoms with Gasteiger partial charge in [0, 0.05) is 23.5 Å². The quantitative estimate of drug-likeness (QED) is 0.811. The van der Waals surface area contributed by atoms with Crippen LogP contribution in [0, 0.1) is 11.7 Å². The maximum atomic E-state index is 13.9. The number of rotatable bonds is 4. The minimum Gasteiger partial charge on any atom is -0.336 e. The third-order valence-electron chi connectivity index (χ3n) is 3.55. The number of carbonyl (C=O) groups excluding carboxylic acids is 1. The lowest BCUT2D eigenvalue weighted by molar-refractivity contribution is 0.0684. The summed E-state index contributed by atoms with van der Waals surface area (Å²) in [5, 5.41) is 1.17. The SMILES string of the molecule is CC(C)CN(C(=O)c1ccc(F)c2ccccc12)C(C)C. The number of fused-ring (bicyclic) bond motifs is 1. The fourth-order valence-electron chi connectivity index (χ4n) is 2.53. The first-order valence-electron chi connectivity index (χ1n) is 7.40.